The summed E-state index contributed by atoms with van der Waals surface area (Å²) in [5.74, 6) is 1.78. The van der Waals surface area contributed by atoms with Crippen LogP contribution < -0.4 is 9.47 Å². The molecule has 1 aromatic heterocycles. The van der Waals surface area contributed by atoms with Crippen molar-refractivity contribution in [3.8, 4) is 11.5 Å². The van der Waals surface area contributed by atoms with E-state index in [-0.39, 0.29) is 11.9 Å². The zero-order valence-electron chi connectivity index (χ0n) is 15.4. The normalized spacial score (nSPS) is 19.3. The maximum absolute atomic E-state index is 13.3. The lowest BCUT2D eigenvalue weighted by Crippen LogP contribution is -2.30. The molecule has 138 valence electrons. The van der Waals surface area contributed by atoms with E-state index in [4.69, 9.17) is 9.47 Å². The van der Waals surface area contributed by atoms with E-state index in [1.807, 2.05) is 23.1 Å². The number of fused-ring (bicyclic) bond motifs is 1. The van der Waals surface area contributed by atoms with Gasteiger partial charge in [-0.15, -0.1) is 11.3 Å². The molecule has 2 heterocycles. The highest BCUT2D eigenvalue weighted by Gasteiger charge is 2.34. The van der Waals surface area contributed by atoms with Crippen molar-refractivity contribution in [2.75, 3.05) is 20.8 Å². The van der Waals surface area contributed by atoms with Crippen molar-refractivity contribution in [2.45, 2.75) is 44.6 Å². The lowest BCUT2D eigenvalue weighted by atomic mass is 9.99. The number of hydrogen-bond acceptors (Lipinski definition) is 4. The van der Waals surface area contributed by atoms with E-state index in [0.29, 0.717) is 0 Å². The fourth-order valence-corrected chi connectivity index (χ4v) is 5.38. The average molecular weight is 372 g/mol. The van der Waals surface area contributed by atoms with Crippen LogP contribution in [0.1, 0.15) is 57.4 Å². The number of carbonyl (C=O) groups is 1. The standard InChI is InChI=1S/C21H25NO3S/c1-24-15-9-10-18(25-2)16(13-15)17-7-5-11-22(17)21(23)20-12-14-6-3-4-8-19(14)26-20/h9-10,12-13,17H,3-8,11H2,1-2H3. The summed E-state index contributed by atoms with van der Waals surface area (Å²) in [6.07, 6.45) is 6.70. The highest BCUT2D eigenvalue weighted by atomic mass is 32.1. The summed E-state index contributed by atoms with van der Waals surface area (Å²) in [6.45, 7) is 0.798. The van der Waals surface area contributed by atoms with Gasteiger partial charge in [0.2, 0.25) is 0 Å². The van der Waals surface area contributed by atoms with E-state index < -0.39 is 0 Å². The Kier molecular flexibility index (Phi) is 4.90. The van der Waals surface area contributed by atoms with E-state index in [1.165, 1.54) is 23.3 Å². The molecule has 1 aliphatic carbocycles. The first kappa shape index (κ1) is 17.4. The number of thiophene rings is 1. The third-order valence-corrected chi connectivity index (χ3v) is 6.74. The Hall–Kier alpha value is -2.01. The van der Waals surface area contributed by atoms with Gasteiger partial charge in [0.15, 0.2) is 0 Å². The first-order valence-electron chi connectivity index (χ1n) is 9.35. The Labute approximate surface area is 158 Å². The van der Waals surface area contributed by atoms with Crippen molar-refractivity contribution in [1.82, 2.24) is 4.90 Å². The van der Waals surface area contributed by atoms with Crippen LogP contribution in [0.5, 0.6) is 11.5 Å². The minimum atomic E-state index is 0.0479. The molecule has 1 unspecified atom stereocenters. The molecule has 26 heavy (non-hydrogen) atoms. The van der Waals surface area contributed by atoms with E-state index in [0.717, 1.165) is 54.2 Å². The van der Waals surface area contributed by atoms with Crippen LogP contribution in [0.2, 0.25) is 0 Å². The third-order valence-electron chi connectivity index (χ3n) is 5.52. The fourth-order valence-electron chi connectivity index (χ4n) is 4.17. The predicted molar refractivity (Wildman–Crippen MR) is 104 cm³/mol. The van der Waals surface area contributed by atoms with Gasteiger partial charge in [0.1, 0.15) is 11.5 Å². The molecule has 1 fully saturated rings. The first-order chi connectivity index (χ1) is 12.7. The van der Waals surface area contributed by atoms with Crippen molar-refractivity contribution in [3.63, 3.8) is 0 Å². The molecule has 0 bridgehead atoms. The maximum atomic E-state index is 13.3. The van der Waals surface area contributed by atoms with Gasteiger partial charge in [-0.05, 0) is 68.4 Å². The summed E-state index contributed by atoms with van der Waals surface area (Å²) in [4.78, 5) is 17.6. The Morgan fingerprint density at radius 1 is 1.12 bits per heavy atom. The van der Waals surface area contributed by atoms with Gasteiger partial charge in [0, 0.05) is 17.0 Å². The van der Waals surface area contributed by atoms with Crippen LogP contribution in [0.25, 0.3) is 0 Å². The monoisotopic (exact) mass is 371 g/mol. The molecule has 2 aliphatic rings. The van der Waals surface area contributed by atoms with E-state index in [2.05, 4.69) is 6.07 Å². The molecule has 1 saturated heterocycles. The number of amides is 1. The van der Waals surface area contributed by atoms with Crippen molar-refractivity contribution in [3.05, 3.63) is 45.1 Å². The molecule has 0 spiro atoms. The van der Waals surface area contributed by atoms with Gasteiger partial charge in [0.05, 0.1) is 25.1 Å². The van der Waals surface area contributed by atoms with Crippen LogP contribution in [-0.2, 0) is 12.8 Å². The predicted octanol–water partition coefficient (Wildman–Crippen LogP) is 4.62. The smallest absolute Gasteiger partial charge is 0.264 e. The zero-order valence-corrected chi connectivity index (χ0v) is 16.2. The highest BCUT2D eigenvalue weighted by Crippen LogP contribution is 2.40. The summed E-state index contributed by atoms with van der Waals surface area (Å²) in [6, 6.07) is 8.02. The van der Waals surface area contributed by atoms with Gasteiger partial charge in [-0.2, -0.15) is 0 Å². The molecule has 1 aliphatic heterocycles. The second-order valence-corrected chi connectivity index (χ2v) is 8.17. The van der Waals surface area contributed by atoms with Crippen LogP contribution in [-0.4, -0.2) is 31.6 Å². The second-order valence-electron chi connectivity index (χ2n) is 7.03. The molecule has 0 saturated carbocycles. The number of hydrogen-bond donors (Lipinski definition) is 0. The quantitative estimate of drug-likeness (QED) is 0.787. The summed E-state index contributed by atoms with van der Waals surface area (Å²) >= 11 is 1.70. The van der Waals surface area contributed by atoms with Crippen LogP contribution in [0, 0.1) is 0 Å². The summed E-state index contributed by atoms with van der Waals surface area (Å²) < 4.78 is 11.0. The molecule has 4 nitrogen and oxygen atoms in total. The van der Waals surface area contributed by atoms with Crippen molar-refractivity contribution in [2.24, 2.45) is 0 Å². The van der Waals surface area contributed by atoms with Crippen molar-refractivity contribution in [1.29, 1.82) is 0 Å². The molecule has 2 aromatic rings. The number of likely N-dealkylation sites (tertiary alicyclic amines) is 1. The SMILES string of the molecule is COc1ccc(OC)c(C2CCCN2C(=O)c2cc3c(s2)CCCC3)c1. The van der Waals surface area contributed by atoms with Gasteiger partial charge in [-0.25, -0.2) is 0 Å². The van der Waals surface area contributed by atoms with Gasteiger partial charge < -0.3 is 14.4 Å². The number of ether oxygens (including phenoxy) is 2. The average Bonchev–Trinajstić information content (AvgIpc) is 3.33. The number of methoxy groups -OCH3 is 2. The minimum absolute atomic E-state index is 0.0479. The number of aryl methyl sites for hydroxylation is 2. The number of nitrogens with zero attached hydrogens (tertiary/aromatic N) is 1. The van der Waals surface area contributed by atoms with E-state index in [9.17, 15) is 4.79 Å². The van der Waals surface area contributed by atoms with Crippen LogP contribution >= 0.6 is 11.3 Å². The summed E-state index contributed by atoms with van der Waals surface area (Å²) in [5.41, 5.74) is 2.43. The second kappa shape index (κ2) is 7.31. The van der Waals surface area contributed by atoms with Gasteiger partial charge >= 0.3 is 0 Å². The number of carbonyl (C=O) groups excluding carboxylic acids is 1. The summed E-state index contributed by atoms with van der Waals surface area (Å²) in [7, 11) is 3.35. The molecule has 1 amide bonds. The Morgan fingerprint density at radius 3 is 2.73 bits per heavy atom. The lowest BCUT2D eigenvalue weighted by Gasteiger charge is -2.26. The van der Waals surface area contributed by atoms with Gasteiger partial charge in [-0.3, -0.25) is 4.79 Å². The molecule has 1 aromatic carbocycles. The highest BCUT2D eigenvalue weighted by molar-refractivity contribution is 7.14. The Balaban J connectivity index is 1.64. The molecular weight excluding hydrogens is 346 g/mol. The Morgan fingerprint density at radius 2 is 1.96 bits per heavy atom. The van der Waals surface area contributed by atoms with E-state index >= 15 is 0 Å². The zero-order chi connectivity index (χ0) is 18.1. The number of rotatable bonds is 4. The molecular formula is C21H25NO3S. The van der Waals surface area contributed by atoms with Crippen LogP contribution in [0.4, 0.5) is 0 Å². The molecule has 5 heteroatoms. The largest absolute Gasteiger partial charge is 0.497 e. The van der Waals surface area contributed by atoms with Crippen LogP contribution in [0.15, 0.2) is 24.3 Å². The van der Waals surface area contributed by atoms with E-state index in [1.54, 1.807) is 25.6 Å². The fraction of sp³-hybridized carbons (Fsp3) is 0.476. The molecule has 1 atom stereocenters. The lowest BCUT2D eigenvalue weighted by molar-refractivity contribution is 0.0739. The first-order valence-corrected chi connectivity index (χ1v) is 10.2. The van der Waals surface area contributed by atoms with Gasteiger partial charge in [-0.1, -0.05) is 0 Å². The van der Waals surface area contributed by atoms with Crippen molar-refractivity contribution >= 4 is 17.2 Å². The molecule has 0 radical (unpaired) electrons. The van der Waals surface area contributed by atoms with Crippen LogP contribution in [0.3, 0.4) is 0 Å². The minimum Gasteiger partial charge on any atom is -0.497 e. The maximum Gasteiger partial charge on any atom is 0.264 e. The number of benzene rings is 1. The van der Waals surface area contributed by atoms with Gasteiger partial charge in [0.25, 0.3) is 5.91 Å². The topological polar surface area (TPSA) is 38.8 Å². The Bertz CT molecular complexity index is 790. The molecule has 4 rings (SSSR count). The molecule has 0 N–H and O–H groups in total. The third kappa shape index (κ3) is 3.09. The summed E-state index contributed by atoms with van der Waals surface area (Å²) in [5, 5.41) is 0. The van der Waals surface area contributed by atoms with Crippen molar-refractivity contribution < 1.29 is 14.3 Å².